The van der Waals surface area contributed by atoms with Crippen LogP contribution in [0.25, 0.3) is 0 Å². The number of nitrogens with zero attached hydrogens (tertiary/aromatic N) is 3. The number of rotatable bonds is 6. The minimum Gasteiger partial charge on any atom is -0.444 e. The van der Waals surface area contributed by atoms with E-state index in [0.29, 0.717) is 43.5 Å². The van der Waals surface area contributed by atoms with Gasteiger partial charge in [0.05, 0.1) is 11.4 Å². The first kappa shape index (κ1) is 24.5. The van der Waals surface area contributed by atoms with Crippen molar-refractivity contribution in [3.8, 4) is 0 Å². The highest BCUT2D eigenvalue weighted by molar-refractivity contribution is 7.13. The van der Waals surface area contributed by atoms with Crippen LogP contribution < -0.4 is 15.5 Å². The molecule has 0 bridgehead atoms. The van der Waals surface area contributed by atoms with Crippen LogP contribution in [0.15, 0.2) is 60.0 Å². The van der Waals surface area contributed by atoms with Gasteiger partial charge in [-0.15, -0.1) is 11.3 Å². The van der Waals surface area contributed by atoms with E-state index in [1.807, 2.05) is 75.4 Å². The molecule has 2 N–H and O–H groups in total. The van der Waals surface area contributed by atoms with Crippen LogP contribution in [-0.2, 0) is 11.3 Å². The molecule has 184 valence electrons. The Bertz CT molecular complexity index is 1150. The lowest BCUT2D eigenvalue weighted by Crippen LogP contribution is -2.50. The number of carbonyl (C=O) groups excluding carboxylic acids is 2. The third kappa shape index (κ3) is 6.73. The van der Waals surface area contributed by atoms with E-state index in [2.05, 4.69) is 20.5 Å². The van der Waals surface area contributed by atoms with E-state index < -0.39 is 5.60 Å². The van der Waals surface area contributed by atoms with Gasteiger partial charge in [0.15, 0.2) is 5.13 Å². The summed E-state index contributed by atoms with van der Waals surface area (Å²) < 4.78 is 5.49. The van der Waals surface area contributed by atoms with Crippen molar-refractivity contribution in [3.63, 3.8) is 0 Å². The highest BCUT2D eigenvalue weighted by atomic mass is 32.1. The number of ether oxygens (including phenoxy) is 1. The highest BCUT2D eigenvalue weighted by Gasteiger charge is 2.27. The lowest BCUT2D eigenvalue weighted by molar-refractivity contribution is 0.0240. The Balaban J connectivity index is 1.35. The number of benzene rings is 2. The van der Waals surface area contributed by atoms with Gasteiger partial charge < -0.3 is 25.2 Å². The Morgan fingerprint density at radius 2 is 1.69 bits per heavy atom. The summed E-state index contributed by atoms with van der Waals surface area (Å²) in [7, 11) is 0. The summed E-state index contributed by atoms with van der Waals surface area (Å²) >= 11 is 1.40. The first-order chi connectivity index (χ1) is 16.8. The fourth-order valence-electron chi connectivity index (χ4n) is 3.73. The second kappa shape index (κ2) is 10.8. The Morgan fingerprint density at radius 1 is 1.00 bits per heavy atom. The number of nitrogens with one attached hydrogen (secondary N) is 2. The van der Waals surface area contributed by atoms with Crippen molar-refractivity contribution in [2.75, 3.05) is 41.7 Å². The van der Waals surface area contributed by atoms with Crippen LogP contribution in [0, 0.1) is 0 Å². The Labute approximate surface area is 209 Å². The van der Waals surface area contributed by atoms with Crippen LogP contribution in [0.2, 0.25) is 0 Å². The molecule has 0 aliphatic carbocycles. The van der Waals surface area contributed by atoms with Crippen molar-refractivity contribution in [2.45, 2.75) is 32.9 Å². The molecule has 1 fully saturated rings. The summed E-state index contributed by atoms with van der Waals surface area (Å²) in [6.45, 7) is 8.65. The van der Waals surface area contributed by atoms with Crippen molar-refractivity contribution in [1.82, 2.24) is 9.88 Å². The van der Waals surface area contributed by atoms with Crippen molar-refractivity contribution in [3.05, 3.63) is 71.2 Å². The number of piperazine rings is 1. The molecule has 1 saturated heterocycles. The molecule has 3 aromatic rings. The van der Waals surface area contributed by atoms with Gasteiger partial charge >= 0.3 is 6.09 Å². The molecule has 2 heterocycles. The number of hydrogen-bond acceptors (Lipinski definition) is 7. The molecule has 0 atom stereocenters. The Hall–Kier alpha value is -3.59. The monoisotopic (exact) mass is 493 g/mol. The SMILES string of the molecule is CC(C)(C)OC(=O)N1CCN(c2ccccc2NC(=O)c2csc(NCc3ccccc3)n2)CC1. The molecule has 2 amide bonds. The summed E-state index contributed by atoms with van der Waals surface area (Å²) in [5.41, 5.74) is 2.64. The van der Waals surface area contributed by atoms with Crippen LogP contribution >= 0.6 is 11.3 Å². The zero-order valence-electron chi connectivity index (χ0n) is 20.3. The first-order valence-electron chi connectivity index (χ1n) is 11.6. The summed E-state index contributed by atoms with van der Waals surface area (Å²) in [6, 6.07) is 17.7. The van der Waals surface area contributed by atoms with E-state index in [1.54, 1.807) is 10.3 Å². The summed E-state index contributed by atoms with van der Waals surface area (Å²) in [6.07, 6.45) is -0.293. The standard InChI is InChI=1S/C26H31N5O3S/c1-26(2,3)34-25(33)31-15-13-30(14-16-31)22-12-8-7-11-20(22)28-23(32)21-18-35-24(29-21)27-17-19-9-5-4-6-10-19/h4-12,18H,13-17H2,1-3H3,(H,27,29)(H,28,32). The molecule has 1 aliphatic rings. The molecule has 1 aromatic heterocycles. The third-order valence-corrected chi connectivity index (χ3v) is 6.25. The van der Waals surface area contributed by atoms with E-state index >= 15 is 0 Å². The molecular weight excluding hydrogens is 462 g/mol. The van der Waals surface area contributed by atoms with Crippen LogP contribution in [0.1, 0.15) is 36.8 Å². The number of para-hydroxylation sites is 2. The normalized spacial score (nSPS) is 13.9. The van der Waals surface area contributed by atoms with Gasteiger partial charge in [0.1, 0.15) is 11.3 Å². The molecule has 1 aliphatic heterocycles. The summed E-state index contributed by atoms with van der Waals surface area (Å²) in [5, 5.41) is 8.73. The maximum atomic E-state index is 12.9. The number of carbonyl (C=O) groups is 2. The number of thiazole rings is 1. The lowest BCUT2D eigenvalue weighted by atomic mass is 10.2. The Kier molecular flexibility index (Phi) is 7.55. The number of aromatic nitrogens is 1. The largest absolute Gasteiger partial charge is 0.444 e. The molecule has 2 aromatic carbocycles. The fraction of sp³-hybridized carbons (Fsp3) is 0.346. The number of anilines is 3. The van der Waals surface area contributed by atoms with Crippen LogP contribution in [0.3, 0.4) is 0 Å². The Morgan fingerprint density at radius 3 is 2.40 bits per heavy atom. The van der Waals surface area contributed by atoms with Gasteiger partial charge in [-0.3, -0.25) is 4.79 Å². The van der Waals surface area contributed by atoms with Crippen molar-refractivity contribution in [1.29, 1.82) is 0 Å². The summed E-state index contributed by atoms with van der Waals surface area (Å²) in [5.74, 6) is -0.256. The van der Waals surface area contributed by atoms with Gasteiger partial charge in [0.25, 0.3) is 5.91 Å². The molecular formula is C26H31N5O3S. The van der Waals surface area contributed by atoms with Crippen molar-refractivity contribution < 1.29 is 14.3 Å². The van der Waals surface area contributed by atoms with Gasteiger partial charge in [-0.1, -0.05) is 42.5 Å². The fourth-order valence-corrected chi connectivity index (χ4v) is 4.42. The predicted octanol–water partition coefficient (Wildman–Crippen LogP) is 5.06. The van der Waals surface area contributed by atoms with E-state index in [4.69, 9.17) is 4.74 Å². The first-order valence-corrected chi connectivity index (χ1v) is 12.5. The van der Waals surface area contributed by atoms with Crippen molar-refractivity contribution in [2.24, 2.45) is 0 Å². The van der Waals surface area contributed by atoms with Crippen LogP contribution in [0.4, 0.5) is 21.3 Å². The molecule has 35 heavy (non-hydrogen) atoms. The van der Waals surface area contributed by atoms with Gasteiger partial charge in [-0.05, 0) is 38.5 Å². The van der Waals surface area contributed by atoms with Crippen LogP contribution in [-0.4, -0.2) is 53.7 Å². The molecule has 0 radical (unpaired) electrons. The second-order valence-corrected chi connectivity index (χ2v) is 10.2. The zero-order chi connectivity index (χ0) is 24.8. The van der Waals surface area contributed by atoms with Gasteiger partial charge in [-0.25, -0.2) is 9.78 Å². The minimum absolute atomic E-state index is 0.256. The average Bonchev–Trinajstić information content (AvgIpc) is 3.32. The maximum absolute atomic E-state index is 12.9. The maximum Gasteiger partial charge on any atom is 0.410 e. The van der Waals surface area contributed by atoms with E-state index in [0.717, 1.165) is 16.9 Å². The molecule has 0 spiro atoms. The van der Waals surface area contributed by atoms with Gasteiger partial charge in [0, 0.05) is 38.1 Å². The topological polar surface area (TPSA) is 86.8 Å². The number of hydrogen-bond donors (Lipinski definition) is 2. The molecule has 0 saturated carbocycles. The average molecular weight is 494 g/mol. The predicted molar refractivity (Wildman–Crippen MR) is 140 cm³/mol. The van der Waals surface area contributed by atoms with E-state index in [1.165, 1.54) is 11.3 Å². The minimum atomic E-state index is -0.516. The number of amides is 2. The molecule has 9 heteroatoms. The lowest BCUT2D eigenvalue weighted by Gasteiger charge is -2.37. The zero-order valence-corrected chi connectivity index (χ0v) is 21.1. The van der Waals surface area contributed by atoms with Crippen LogP contribution in [0.5, 0.6) is 0 Å². The van der Waals surface area contributed by atoms with Gasteiger partial charge in [-0.2, -0.15) is 0 Å². The van der Waals surface area contributed by atoms with Crippen molar-refractivity contribution >= 4 is 39.8 Å². The smallest absolute Gasteiger partial charge is 0.410 e. The second-order valence-electron chi connectivity index (χ2n) is 9.30. The summed E-state index contributed by atoms with van der Waals surface area (Å²) in [4.78, 5) is 33.6. The molecule has 8 nitrogen and oxygen atoms in total. The third-order valence-electron chi connectivity index (χ3n) is 5.45. The molecule has 4 rings (SSSR count). The van der Waals surface area contributed by atoms with Gasteiger partial charge in [0.2, 0.25) is 0 Å². The highest BCUT2D eigenvalue weighted by Crippen LogP contribution is 2.28. The van der Waals surface area contributed by atoms with E-state index in [9.17, 15) is 9.59 Å². The molecule has 0 unspecified atom stereocenters. The quantitative estimate of drug-likeness (QED) is 0.499. The van der Waals surface area contributed by atoms with E-state index in [-0.39, 0.29) is 12.0 Å².